The van der Waals surface area contributed by atoms with E-state index in [4.69, 9.17) is 5.73 Å². The summed E-state index contributed by atoms with van der Waals surface area (Å²) in [7, 11) is 0. The fraction of sp³-hybridized carbons (Fsp3) is 1.00. The fourth-order valence-corrected chi connectivity index (χ4v) is 2.88. The largest absolute Gasteiger partial charge is 0.326 e. The van der Waals surface area contributed by atoms with Gasteiger partial charge >= 0.3 is 0 Å². The Labute approximate surface area is 95.2 Å². The summed E-state index contributed by atoms with van der Waals surface area (Å²) >= 11 is 0. The maximum Gasteiger partial charge on any atom is 0.0295 e. The molecule has 2 atom stereocenters. The van der Waals surface area contributed by atoms with Gasteiger partial charge in [0.1, 0.15) is 0 Å². The summed E-state index contributed by atoms with van der Waals surface area (Å²) < 4.78 is 0. The number of nitrogens with two attached hydrogens (primary N) is 1. The van der Waals surface area contributed by atoms with Crippen molar-refractivity contribution in [3.8, 4) is 0 Å². The third-order valence-corrected chi connectivity index (χ3v) is 3.55. The molecule has 15 heavy (non-hydrogen) atoms. The zero-order valence-electron chi connectivity index (χ0n) is 10.9. The minimum atomic E-state index is 0.298. The van der Waals surface area contributed by atoms with Crippen LogP contribution in [0.15, 0.2) is 0 Å². The van der Waals surface area contributed by atoms with Crippen molar-refractivity contribution in [2.75, 3.05) is 13.1 Å². The highest BCUT2D eigenvalue weighted by molar-refractivity contribution is 4.91. The Morgan fingerprint density at radius 1 is 1.13 bits per heavy atom. The van der Waals surface area contributed by atoms with E-state index in [-0.39, 0.29) is 0 Å². The van der Waals surface area contributed by atoms with Gasteiger partial charge in [0, 0.05) is 12.1 Å². The Hall–Kier alpha value is -0.0800. The molecule has 1 heterocycles. The van der Waals surface area contributed by atoms with Gasteiger partial charge in [-0.15, -0.1) is 0 Å². The zero-order chi connectivity index (χ0) is 11.5. The first kappa shape index (κ1) is 13.0. The highest BCUT2D eigenvalue weighted by Crippen LogP contribution is 2.29. The van der Waals surface area contributed by atoms with E-state index in [1.807, 2.05) is 0 Å². The molecule has 1 rings (SSSR count). The van der Waals surface area contributed by atoms with Gasteiger partial charge in [-0.25, -0.2) is 0 Å². The van der Waals surface area contributed by atoms with Crippen LogP contribution in [0.2, 0.25) is 0 Å². The standard InChI is InChI=1S/C13H28N2/c1-5-11(14)12(13(2,3)4)15-9-7-6-8-10-15/h11-12H,5-10,14H2,1-4H3. The van der Waals surface area contributed by atoms with E-state index in [9.17, 15) is 0 Å². The molecule has 1 saturated heterocycles. The molecule has 0 aromatic heterocycles. The number of nitrogens with zero attached hydrogens (tertiary/aromatic N) is 1. The first-order chi connectivity index (χ1) is 6.96. The van der Waals surface area contributed by atoms with Crippen molar-refractivity contribution in [2.24, 2.45) is 11.1 Å². The topological polar surface area (TPSA) is 29.3 Å². The molecule has 1 fully saturated rings. The lowest BCUT2D eigenvalue weighted by atomic mass is 9.80. The number of hydrogen-bond acceptors (Lipinski definition) is 2. The maximum absolute atomic E-state index is 6.29. The lowest BCUT2D eigenvalue weighted by molar-refractivity contribution is 0.0600. The van der Waals surface area contributed by atoms with Gasteiger partial charge in [0.15, 0.2) is 0 Å². The smallest absolute Gasteiger partial charge is 0.0295 e. The fourth-order valence-electron chi connectivity index (χ4n) is 2.88. The van der Waals surface area contributed by atoms with Crippen LogP contribution in [0.25, 0.3) is 0 Å². The van der Waals surface area contributed by atoms with Crippen molar-refractivity contribution >= 4 is 0 Å². The van der Waals surface area contributed by atoms with E-state index in [0.717, 1.165) is 6.42 Å². The van der Waals surface area contributed by atoms with E-state index >= 15 is 0 Å². The van der Waals surface area contributed by atoms with Gasteiger partial charge in [0.05, 0.1) is 0 Å². The molecule has 0 amide bonds. The van der Waals surface area contributed by atoms with Crippen molar-refractivity contribution in [3.63, 3.8) is 0 Å². The number of rotatable bonds is 3. The Morgan fingerprint density at radius 3 is 2.07 bits per heavy atom. The van der Waals surface area contributed by atoms with Gasteiger partial charge in [-0.05, 0) is 37.8 Å². The number of piperidine rings is 1. The van der Waals surface area contributed by atoms with Gasteiger partial charge < -0.3 is 5.73 Å². The minimum absolute atomic E-state index is 0.298. The SMILES string of the molecule is CCC(N)C(N1CCCCC1)C(C)(C)C. The van der Waals surface area contributed by atoms with E-state index in [0.29, 0.717) is 17.5 Å². The van der Waals surface area contributed by atoms with Crippen LogP contribution < -0.4 is 5.73 Å². The van der Waals surface area contributed by atoms with Crippen LogP contribution in [-0.2, 0) is 0 Å². The average Bonchev–Trinajstić information content (AvgIpc) is 2.17. The van der Waals surface area contributed by atoms with Crippen molar-refractivity contribution < 1.29 is 0 Å². The van der Waals surface area contributed by atoms with E-state index in [1.165, 1.54) is 32.4 Å². The summed E-state index contributed by atoms with van der Waals surface area (Å²) in [5.41, 5.74) is 6.59. The highest BCUT2D eigenvalue weighted by atomic mass is 15.2. The van der Waals surface area contributed by atoms with Crippen molar-refractivity contribution in [1.82, 2.24) is 4.90 Å². The first-order valence-electron chi connectivity index (χ1n) is 6.46. The molecular weight excluding hydrogens is 184 g/mol. The Kier molecular flexibility index (Phi) is 4.60. The van der Waals surface area contributed by atoms with Gasteiger partial charge in [-0.2, -0.15) is 0 Å². The molecule has 0 aromatic rings. The molecule has 0 bridgehead atoms. The van der Waals surface area contributed by atoms with E-state index < -0.39 is 0 Å². The average molecular weight is 212 g/mol. The van der Waals surface area contributed by atoms with Gasteiger partial charge in [0.2, 0.25) is 0 Å². The quantitative estimate of drug-likeness (QED) is 0.779. The molecule has 0 aromatic carbocycles. The molecule has 2 N–H and O–H groups in total. The van der Waals surface area contributed by atoms with E-state index in [1.54, 1.807) is 0 Å². The van der Waals surface area contributed by atoms with Crippen molar-refractivity contribution in [2.45, 2.75) is 65.5 Å². The first-order valence-corrected chi connectivity index (χ1v) is 6.46. The highest BCUT2D eigenvalue weighted by Gasteiger charge is 2.34. The Morgan fingerprint density at radius 2 is 1.67 bits per heavy atom. The minimum Gasteiger partial charge on any atom is -0.326 e. The molecule has 0 saturated carbocycles. The normalized spacial score (nSPS) is 23.8. The zero-order valence-corrected chi connectivity index (χ0v) is 10.9. The van der Waals surface area contributed by atoms with Gasteiger partial charge in [0.25, 0.3) is 0 Å². The van der Waals surface area contributed by atoms with Crippen molar-refractivity contribution in [3.05, 3.63) is 0 Å². The van der Waals surface area contributed by atoms with Crippen molar-refractivity contribution in [1.29, 1.82) is 0 Å². The maximum atomic E-state index is 6.29. The van der Waals surface area contributed by atoms with Crippen LogP contribution in [0.3, 0.4) is 0 Å². The van der Waals surface area contributed by atoms with Crippen LogP contribution in [0.4, 0.5) is 0 Å². The van der Waals surface area contributed by atoms with E-state index in [2.05, 4.69) is 32.6 Å². The molecular formula is C13H28N2. The molecule has 0 spiro atoms. The monoisotopic (exact) mass is 212 g/mol. The van der Waals surface area contributed by atoms with Gasteiger partial charge in [-0.3, -0.25) is 4.90 Å². The van der Waals surface area contributed by atoms with Crippen LogP contribution in [-0.4, -0.2) is 30.1 Å². The second-order valence-electron chi connectivity index (χ2n) is 5.98. The molecule has 0 aliphatic carbocycles. The summed E-state index contributed by atoms with van der Waals surface area (Å²) in [5.74, 6) is 0. The Balaban J connectivity index is 2.70. The predicted octanol–water partition coefficient (Wildman–Crippen LogP) is 2.62. The summed E-state index contributed by atoms with van der Waals surface area (Å²) in [6, 6.07) is 0.867. The lowest BCUT2D eigenvalue weighted by Gasteiger charge is -2.45. The van der Waals surface area contributed by atoms with Gasteiger partial charge in [-0.1, -0.05) is 34.1 Å². The second kappa shape index (κ2) is 5.31. The molecule has 2 heteroatoms. The molecule has 1 aliphatic rings. The van der Waals surface area contributed by atoms with Crippen LogP contribution in [0, 0.1) is 5.41 Å². The second-order valence-corrected chi connectivity index (χ2v) is 5.98. The summed E-state index contributed by atoms with van der Waals surface area (Å²) in [4.78, 5) is 2.62. The number of hydrogen-bond donors (Lipinski definition) is 1. The summed E-state index contributed by atoms with van der Waals surface area (Å²) in [6.45, 7) is 11.7. The third kappa shape index (κ3) is 3.46. The van der Waals surface area contributed by atoms with Crippen LogP contribution in [0.1, 0.15) is 53.4 Å². The molecule has 1 aliphatic heterocycles. The molecule has 2 nitrogen and oxygen atoms in total. The van der Waals surface area contributed by atoms with Crippen LogP contribution >= 0.6 is 0 Å². The molecule has 90 valence electrons. The molecule has 2 unspecified atom stereocenters. The summed E-state index contributed by atoms with van der Waals surface area (Å²) in [5, 5.41) is 0. The molecule has 0 radical (unpaired) electrons. The third-order valence-electron chi connectivity index (χ3n) is 3.55. The Bertz CT molecular complexity index is 177. The van der Waals surface area contributed by atoms with Crippen LogP contribution in [0.5, 0.6) is 0 Å². The summed E-state index contributed by atoms with van der Waals surface area (Å²) in [6.07, 6.45) is 5.18. The number of likely N-dealkylation sites (tertiary alicyclic amines) is 1. The lowest BCUT2D eigenvalue weighted by Crippen LogP contribution is -2.55. The predicted molar refractivity (Wildman–Crippen MR) is 66.9 cm³/mol.